The molecule has 0 amide bonds. The quantitative estimate of drug-likeness (QED) is 0.530. The second-order valence-corrected chi connectivity index (χ2v) is 5.08. The van der Waals surface area contributed by atoms with Crippen molar-refractivity contribution in [3.8, 4) is 0 Å². The first kappa shape index (κ1) is 13.3. The van der Waals surface area contributed by atoms with Gasteiger partial charge in [0, 0.05) is 20.3 Å². The Morgan fingerprint density at radius 2 is 2.14 bits per heavy atom. The fourth-order valence-electron chi connectivity index (χ4n) is 0.948. The molecule has 1 atom stereocenters. The summed E-state index contributed by atoms with van der Waals surface area (Å²) >= 11 is 0. The molecule has 1 unspecified atom stereocenters. The van der Waals surface area contributed by atoms with Crippen LogP contribution >= 0.6 is 0 Å². The number of sulfone groups is 1. The van der Waals surface area contributed by atoms with Crippen molar-refractivity contribution in [3.05, 3.63) is 0 Å². The summed E-state index contributed by atoms with van der Waals surface area (Å²) < 4.78 is 27.4. The van der Waals surface area contributed by atoms with E-state index in [1.807, 2.05) is 0 Å². The molecule has 0 bridgehead atoms. The van der Waals surface area contributed by atoms with Gasteiger partial charge in [0.25, 0.3) is 0 Å². The van der Waals surface area contributed by atoms with E-state index in [0.29, 0.717) is 0 Å². The first-order valence-corrected chi connectivity index (χ1v) is 5.80. The van der Waals surface area contributed by atoms with Gasteiger partial charge in [0.15, 0.2) is 15.1 Å². The minimum absolute atomic E-state index is 0.213. The van der Waals surface area contributed by atoms with Crippen LogP contribution in [-0.4, -0.2) is 50.8 Å². The lowest BCUT2D eigenvalue weighted by Gasteiger charge is -2.10. The molecule has 14 heavy (non-hydrogen) atoms. The number of ether oxygens (including phenoxy) is 1. The summed E-state index contributed by atoms with van der Waals surface area (Å²) in [6.45, 7) is -0.110. The standard InChI is InChI=1S/C7H15NO5S/c1-13-3-2-4-14(11,12)6(5-8)7(9)10/h6H,2-5,8H2,1H3,(H,9,10). The number of hydrogen-bond donors (Lipinski definition) is 2. The van der Waals surface area contributed by atoms with Gasteiger partial charge in [0.2, 0.25) is 0 Å². The maximum absolute atomic E-state index is 11.4. The average Bonchev–Trinajstić information content (AvgIpc) is 2.04. The second-order valence-electron chi connectivity index (χ2n) is 2.78. The molecule has 0 radical (unpaired) electrons. The Hall–Kier alpha value is -0.660. The number of carbonyl (C=O) groups is 1. The molecule has 0 spiro atoms. The molecule has 0 aromatic rings. The summed E-state index contributed by atoms with van der Waals surface area (Å²) in [6.07, 6.45) is 0.280. The fourth-order valence-corrected chi connectivity index (χ4v) is 2.35. The number of carboxylic acid groups (broad SMARTS) is 1. The Bertz CT molecular complexity index is 274. The third-order valence-electron chi connectivity index (χ3n) is 1.70. The van der Waals surface area contributed by atoms with Crippen molar-refractivity contribution in [2.75, 3.05) is 26.0 Å². The Balaban J connectivity index is 4.35. The highest BCUT2D eigenvalue weighted by atomic mass is 32.2. The van der Waals surface area contributed by atoms with Crippen LogP contribution in [0.5, 0.6) is 0 Å². The van der Waals surface area contributed by atoms with Gasteiger partial charge in [-0.15, -0.1) is 0 Å². The fraction of sp³-hybridized carbons (Fsp3) is 0.857. The zero-order valence-corrected chi connectivity index (χ0v) is 8.79. The van der Waals surface area contributed by atoms with Crippen LogP contribution in [0, 0.1) is 0 Å². The lowest BCUT2D eigenvalue weighted by molar-refractivity contribution is -0.136. The number of aliphatic carboxylic acids is 1. The molecule has 7 heteroatoms. The molecule has 84 valence electrons. The van der Waals surface area contributed by atoms with E-state index in [1.165, 1.54) is 7.11 Å². The van der Waals surface area contributed by atoms with Crippen LogP contribution in [-0.2, 0) is 19.4 Å². The number of methoxy groups -OCH3 is 1. The van der Waals surface area contributed by atoms with Crippen LogP contribution in [0.15, 0.2) is 0 Å². The van der Waals surface area contributed by atoms with Crippen molar-refractivity contribution < 1.29 is 23.1 Å². The van der Waals surface area contributed by atoms with Gasteiger partial charge in [0.05, 0.1) is 5.75 Å². The van der Waals surface area contributed by atoms with Crippen molar-refractivity contribution in [2.45, 2.75) is 11.7 Å². The predicted octanol–water partition coefficient (Wildman–Crippen LogP) is -1.15. The van der Waals surface area contributed by atoms with E-state index in [0.717, 1.165) is 0 Å². The molecular weight excluding hydrogens is 210 g/mol. The highest BCUT2D eigenvalue weighted by molar-refractivity contribution is 7.92. The molecule has 0 aromatic heterocycles. The van der Waals surface area contributed by atoms with E-state index in [1.54, 1.807) is 0 Å². The molecule has 0 aliphatic carbocycles. The third kappa shape index (κ3) is 4.03. The van der Waals surface area contributed by atoms with Gasteiger partial charge < -0.3 is 15.6 Å². The topological polar surface area (TPSA) is 107 Å². The van der Waals surface area contributed by atoms with Crippen molar-refractivity contribution in [1.82, 2.24) is 0 Å². The minimum Gasteiger partial charge on any atom is -0.480 e. The van der Waals surface area contributed by atoms with Gasteiger partial charge in [-0.05, 0) is 6.42 Å². The minimum atomic E-state index is -3.65. The van der Waals surface area contributed by atoms with E-state index in [4.69, 9.17) is 10.8 Å². The number of hydrogen-bond acceptors (Lipinski definition) is 5. The molecule has 0 saturated heterocycles. The van der Waals surface area contributed by atoms with Crippen LogP contribution < -0.4 is 5.73 Å². The first-order valence-electron chi connectivity index (χ1n) is 4.09. The summed E-state index contributed by atoms with van der Waals surface area (Å²) in [5.74, 6) is -1.61. The van der Waals surface area contributed by atoms with Crippen LogP contribution in [0.25, 0.3) is 0 Å². The first-order chi connectivity index (χ1) is 6.45. The van der Waals surface area contributed by atoms with Crippen LogP contribution in [0.2, 0.25) is 0 Å². The van der Waals surface area contributed by atoms with E-state index in [-0.39, 0.29) is 18.8 Å². The van der Waals surface area contributed by atoms with Crippen molar-refractivity contribution in [1.29, 1.82) is 0 Å². The predicted molar refractivity (Wildman–Crippen MR) is 50.8 cm³/mol. The Labute approximate surface area is 83.0 Å². The molecule has 0 fully saturated rings. The number of carboxylic acids is 1. The molecule has 0 aliphatic rings. The summed E-state index contributed by atoms with van der Waals surface area (Å²) in [7, 11) is -2.20. The zero-order valence-electron chi connectivity index (χ0n) is 7.97. The summed E-state index contributed by atoms with van der Waals surface area (Å²) in [5, 5.41) is 7.07. The molecule has 0 saturated carbocycles. The molecule has 3 N–H and O–H groups in total. The lowest BCUT2D eigenvalue weighted by Crippen LogP contribution is -2.38. The monoisotopic (exact) mass is 225 g/mol. The molecule has 0 aliphatic heterocycles. The van der Waals surface area contributed by atoms with Gasteiger partial charge in [-0.1, -0.05) is 0 Å². The highest BCUT2D eigenvalue weighted by Crippen LogP contribution is 2.03. The van der Waals surface area contributed by atoms with Crippen molar-refractivity contribution in [2.24, 2.45) is 5.73 Å². The van der Waals surface area contributed by atoms with Crippen LogP contribution in [0.1, 0.15) is 6.42 Å². The van der Waals surface area contributed by atoms with Gasteiger partial charge in [-0.3, -0.25) is 4.79 Å². The maximum atomic E-state index is 11.4. The molecule has 6 nitrogen and oxygen atoms in total. The van der Waals surface area contributed by atoms with E-state index >= 15 is 0 Å². The maximum Gasteiger partial charge on any atom is 0.323 e. The number of rotatable bonds is 7. The van der Waals surface area contributed by atoms with Gasteiger partial charge in [-0.25, -0.2) is 8.42 Å². The van der Waals surface area contributed by atoms with Gasteiger partial charge >= 0.3 is 5.97 Å². The van der Waals surface area contributed by atoms with Gasteiger partial charge in [-0.2, -0.15) is 0 Å². The summed E-state index contributed by atoms with van der Waals surface area (Å²) in [6, 6.07) is 0. The number of nitrogens with two attached hydrogens (primary N) is 1. The Morgan fingerprint density at radius 1 is 1.57 bits per heavy atom. The Kier molecular flexibility index (Phi) is 5.66. The molecule has 0 rings (SSSR count). The molecular formula is C7H15NO5S. The third-order valence-corrected chi connectivity index (χ3v) is 3.82. The smallest absolute Gasteiger partial charge is 0.323 e. The molecule has 0 aromatic carbocycles. The van der Waals surface area contributed by atoms with Crippen molar-refractivity contribution in [3.63, 3.8) is 0 Å². The van der Waals surface area contributed by atoms with Crippen molar-refractivity contribution >= 4 is 15.8 Å². The highest BCUT2D eigenvalue weighted by Gasteiger charge is 2.30. The zero-order chi connectivity index (χ0) is 11.2. The largest absolute Gasteiger partial charge is 0.480 e. The van der Waals surface area contributed by atoms with Gasteiger partial charge in [0.1, 0.15) is 0 Å². The Morgan fingerprint density at radius 3 is 2.50 bits per heavy atom. The van der Waals surface area contributed by atoms with Crippen LogP contribution in [0.3, 0.4) is 0 Å². The summed E-state index contributed by atoms with van der Waals surface area (Å²) in [5.41, 5.74) is 5.07. The van der Waals surface area contributed by atoms with Crippen LogP contribution in [0.4, 0.5) is 0 Å². The second kappa shape index (κ2) is 5.94. The average molecular weight is 225 g/mol. The normalized spacial score (nSPS) is 13.9. The molecule has 0 heterocycles. The summed E-state index contributed by atoms with van der Waals surface area (Å²) in [4.78, 5) is 10.5. The van der Waals surface area contributed by atoms with E-state index in [2.05, 4.69) is 4.74 Å². The van der Waals surface area contributed by atoms with E-state index < -0.39 is 27.6 Å². The lowest BCUT2D eigenvalue weighted by atomic mass is 10.4. The SMILES string of the molecule is COCCCS(=O)(=O)C(CN)C(=O)O. The van der Waals surface area contributed by atoms with E-state index in [9.17, 15) is 13.2 Å².